The average Bonchev–Trinajstić information content (AvgIpc) is 2.68. The van der Waals surface area contributed by atoms with Gasteiger partial charge in [0.1, 0.15) is 17.4 Å². The number of amides is 1. The van der Waals surface area contributed by atoms with E-state index in [2.05, 4.69) is 15.3 Å². The second kappa shape index (κ2) is 7.65. The SMILES string of the molecule is COc1ccc(-c2cncc(C(=O)Nc3cccc(N(C)C)n3)c2)cc1. The van der Waals surface area contributed by atoms with E-state index < -0.39 is 0 Å². The fraction of sp³-hybridized carbons (Fsp3) is 0.150. The van der Waals surface area contributed by atoms with Gasteiger partial charge in [-0.05, 0) is 35.9 Å². The number of aromatic nitrogens is 2. The third-order valence-electron chi connectivity index (χ3n) is 3.86. The number of ether oxygens (including phenoxy) is 1. The molecule has 1 aromatic carbocycles. The third kappa shape index (κ3) is 3.97. The molecule has 3 rings (SSSR count). The van der Waals surface area contributed by atoms with Crippen molar-refractivity contribution in [1.29, 1.82) is 0 Å². The number of rotatable bonds is 5. The topological polar surface area (TPSA) is 67.3 Å². The van der Waals surface area contributed by atoms with Crippen molar-refractivity contribution in [3.05, 3.63) is 66.5 Å². The lowest BCUT2D eigenvalue weighted by Crippen LogP contribution is -2.15. The lowest BCUT2D eigenvalue weighted by atomic mass is 10.1. The highest BCUT2D eigenvalue weighted by Crippen LogP contribution is 2.23. The number of benzene rings is 1. The van der Waals surface area contributed by atoms with Crippen LogP contribution in [0.1, 0.15) is 10.4 Å². The summed E-state index contributed by atoms with van der Waals surface area (Å²) in [5, 5.41) is 2.81. The Balaban J connectivity index is 1.80. The minimum Gasteiger partial charge on any atom is -0.497 e. The van der Waals surface area contributed by atoms with Crippen LogP contribution in [0.4, 0.5) is 11.6 Å². The molecule has 0 bridgehead atoms. The molecule has 0 radical (unpaired) electrons. The monoisotopic (exact) mass is 348 g/mol. The maximum Gasteiger partial charge on any atom is 0.258 e. The molecule has 2 aromatic heterocycles. The molecule has 3 aromatic rings. The van der Waals surface area contributed by atoms with Gasteiger partial charge >= 0.3 is 0 Å². The van der Waals surface area contributed by atoms with Gasteiger partial charge in [-0.2, -0.15) is 0 Å². The van der Waals surface area contributed by atoms with Crippen molar-refractivity contribution in [3.8, 4) is 16.9 Å². The highest BCUT2D eigenvalue weighted by Gasteiger charge is 2.10. The molecule has 6 heteroatoms. The Hall–Kier alpha value is -3.41. The van der Waals surface area contributed by atoms with E-state index in [1.165, 1.54) is 6.20 Å². The van der Waals surface area contributed by atoms with E-state index in [1.54, 1.807) is 25.4 Å². The van der Waals surface area contributed by atoms with Gasteiger partial charge in [-0.15, -0.1) is 0 Å². The maximum atomic E-state index is 12.6. The summed E-state index contributed by atoms with van der Waals surface area (Å²) >= 11 is 0. The van der Waals surface area contributed by atoms with Crippen LogP contribution in [0.15, 0.2) is 60.9 Å². The van der Waals surface area contributed by atoms with E-state index in [4.69, 9.17) is 4.74 Å². The van der Waals surface area contributed by atoms with Gasteiger partial charge in [0.25, 0.3) is 5.91 Å². The number of carbonyl (C=O) groups is 1. The zero-order valence-corrected chi connectivity index (χ0v) is 14.9. The summed E-state index contributed by atoms with van der Waals surface area (Å²) in [6.45, 7) is 0. The standard InChI is InChI=1S/C20H20N4O2/c1-24(2)19-6-4-5-18(22-19)23-20(25)16-11-15(12-21-13-16)14-7-9-17(26-3)10-8-14/h4-13H,1-3H3,(H,22,23,25). The van der Waals surface area contributed by atoms with Gasteiger partial charge < -0.3 is 15.0 Å². The van der Waals surface area contributed by atoms with Gasteiger partial charge in [-0.1, -0.05) is 18.2 Å². The predicted molar refractivity (Wildman–Crippen MR) is 103 cm³/mol. The van der Waals surface area contributed by atoms with E-state index in [-0.39, 0.29) is 5.91 Å². The molecule has 26 heavy (non-hydrogen) atoms. The van der Waals surface area contributed by atoms with Gasteiger partial charge in [0.15, 0.2) is 0 Å². The van der Waals surface area contributed by atoms with Crippen LogP contribution in [0.25, 0.3) is 11.1 Å². The minimum atomic E-state index is -0.253. The number of pyridine rings is 2. The van der Waals surface area contributed by atoms with Crippen molar-refractivity contribution in [2.45, 2.75) is 0 Å². The molecule has 132 valence electrons. The molecule has 0 aliphatic heterocycles. The molecular weight excluding hydrogens is 328 g/mol. The second-order valence-corrected chi connectivity index (χ2v) is 5.92. The first-order valence-electron chi connectivity index (χ1n) is 8.12. The fourth-order valence-corrected chi connectivity index (χ4v) is 2.44. The van der Waals surface area contributed by atoms with Crippen LogP contribution in [0, 0.1) is 0 Å². The Morgan fingerprint density at radius 1 is 1.04 bits per heavy atom. The first-order valence-corrected chi connectivity index (χ1v) is 8.12. The Morgan fingerprint density at radius 2 is 1.81 bits per heavy atom. The summed E-state index contributed by atoms with van der Waals surface area (Å²) in [5.74, 6) is 1.79. The van der Waals surface area contributed by atoms with Gasteiger partial charge in [-0.25, -0.2) is 4.98 Å². The zero-order valence-electron chi connectivity index (χ0n) is 14.9. The predicted octanol–water partition coefficient (Wildman–Crippen LogP) is 3.47. The molecular formula is C20H20N4O2. The van der Waals surface area contributed by atoms with Crippen LogP contribution in [-0.4, -0.2) is 37.1 Å². The lowest BCUT2D eigenvalue weighted by Gasteiger charge is -2.12. The number of hydrogen-bond acceptors (Lipinski definition) is 5. The van der Waals surface area contributed by atoms with Crippen molar-refractivity contribution >= 4 is 17.5 Å². The van der Waals surface area contributed by atoms with Crippen molar-refractivity contribution in [2.24, 2.45) is 0 Å². The molecule has 0 aliphatic rings. The van der Waals surface area contributed by atoms with Gasteiger partial charge in [0.05, 0.1) is 12.7 Å². The quantitative estimate of drug-likeness (QED) is 0.765. The van der Waals surface area contributed by atoms with Crippen LogP contribution < -0.4 is 15.0 Å². The molecule has 1 N–H and O–H groups in total. The number of carbonyl (C=O) groups excluding carboxylic acids is 1. The van der Waals surface area contributed by atoms with Gasteiger partial charge in [-0.3, -0.25) is 9.78 Å². The molecule has 0 fully saturated rings. The summed E-state index contributed by atoms with van der Waals surface area (Å²) in [4.78, 5) is 23.0. The van der Waals surface area contributed by atoms with Crippen LogP contribution >= 0.6 is 0 Å². The van der Waals surface area contributed by atoms with E-state index in [1.807, 2.05) is 55.4 Å². The lowest BCUT2D eigenvalue weighted by molar-refractivity contribution is 0.102. The van der Waals surface area contributed by atoms with E-state index in [0.717, 1.165) is 22.7 Å². The number of anilines is 2. The van der Waals surface area contributed by atoms with Gasteiger partial charge in [0.2, 0.25) is 0 Å². The van der Waals surface area contributed by atoms with E-state index in [9.17, 15) is 4.79 Å². The average molecular weight is 348 g/mol. The Bertz CT molecular complexity index is 908. The smallest absolute Gasteiger partial charge is 0.258 e. The highest BCUT2D eigenvalue weighted by molar-refractivity contribution is 6.04. The molecule has 0 spiro atoms. The molecule has 0 saturated heterocycles. The number of nitrogens with one attached hydrogen (secondary N) is 1. The van der Waals surface area contributed by atoms with Gasteiger partial charge in [0, 0.05) is 32.1 Å². The summed E-state index contributed by atoms with van der Waals surface area (Å²) in [7, 11) is 5.42. The molecule has 1 amide bonds. The van der Waals surface area contributed by atoms with Crippen LogP contribution in [0.2, 0.25) is 0 Å². The summed E-state index contributed by atoms with van der Waals surface area (Å²) < 4.78 is 5.17. The molecule has 6 nitrogen and oxygen atoms in total. The molecule has 0 aliphatic carbocycles. The van der Waals surface area contributed by atoms with Crippen molar-refractivity contribution in [2.75, 3.05) is 31.4 Å². The number of nitrogens with zero attached hydrogens (tertiary/aromatic N) is 3. The normalized spacial score (nSPS) is 10.3. The molecule has 0 saturated carbocycles. The second-order valence-electron chi connectivity index (χ2n) is 5.92. The Kier molecular flexibility index (Phi) is 5.12. The van der Waals surface area contributed by atoms with Crippen molar-refractivity contribution in [1.82, 2.24) is 9.97 Å². The van der Waals surface area contributed by atoms with Crippen LogP contribution in [0.5, 0.6) is 5.75 Å². The maximum absolute atomic E-state index is 12.6. The van der Waals surface area contributed by atoms with Crippen LogP contribution in [-0.2, 0) is 0 Å². The summed E-state index contributed by atoms with van der Waals surface area (Å²) in [5.41, 5.74) is 2.28. The van der Waals surface area contributed by atoms with E-state index in [0.29, 0.717) is 11.4 Å². The number of methoxy groups -OCH3 is 1. The molecule has 0 atom stereocenters. The van der Waals surface area contributed by atoms with Crippen molar-refractivity contribution in [3.63, 3.8) is 0 Å². The first kappa shape index (κ1) is 17.4. The Labute approximate surface area is 152 Å². The summed E-state index contributed by atoms with van der Waals surface area (Å²) in [6, 6.07) is 14.9. The fourth-order valence-electron chi connectivity index (χ4n) is 2.44. The molecule has 0 unspecified atom stereocenters. The van der Waals surface area contributed by atoms with Crippen molar-refractivity contribution < 1.29 is 9.53 Å². The highest BCUT2D eigenvalue weighted by atomic mass is 16.5. The number of hydrogen-bond donors (Lipinski definition) is 1. The summed E-state index contributed by atoms with van der Waals surface area (Å²) in [6.07, 6.45) is 3.27. The third-order valence-corrected chi connectivity index (χ3v) is 3.86. The molecule has 2 heterocycles. The van der Waals surface area contributed by atoms with Crippen LogP contribution in [0.3, 0.4) is 0 Å². The minimum absolute atomic E-state index is 0.253. The zero-order chi connectivity index (χ0) is 18.5. The van der Waals surface area contributed by atoms with E-state index >= 15 is 0 Å². The Morgan fingerprint density at radius 3 is 2.50 bits per heavy atom. The first-order chi connectivity index (χ1) is 12.6. The largest absolute Gasteiger partial charge is 0.497 e.